The molecule has 0 radical (unpaired) electrons. The number of pyridine rings is 1. The zero-order valence-electron chi connectivity index (χ0n) is 9.78. The average Bonchev–Trinajstić information content (AvgIpc) is 2.70. The molecule has 88 valence electrons. The third-order valence-electron chi connectivity index (χ3n) is 3.08. The summed E-state index contributed by atoms with van der Waals surface area (Å²) in [4.78, 5) is 6.56. The SMILES string of the molecule is CC(C)N1CCC(Nc2cnccc2Cl)C1. The van der Waals surface area contributed by atoms with E-state index in [2.05, 4.69) is 29.0 Å². The average molecular weight is 240 g/mol. The van der Waals surface area contributed by atoms with Crippen LogP contribution in [0.2, 0.25) is 5.02 Å². The second kappa shape index (κ2) is 5.02. The number of nitrogens with one attached hydrogen (secondary N) is 1. The highest BCUT2D eigenvalue weighted by atomic mass is 35.5. The minimum Gasteiger partial charge on any atom is -0.379 e. The normalized spacial score (nSPS) is 21.6. The summed E-state index contributed by atoms with van der Waals surface area (Å²) in [6.07, 6.45) is 4.67. The van der Waals surface area contributed by atoms with Crippen LogP contribution in [0.3, 0.4) is 0 Å². The number of nitrogens with zero attached hydrogens (tertiary/aromatic N) is 2. The van der Waals surface area contributed by atoms with Crippen LogP contribution in [-0.2, 0) is 0 Å². The summed E-state index contributed by atoms with van der Waals surface area (Å²) < 4.78 is 0. The molecular weight excluding hydrogens is 222 g/mol. The van der Waals surface area contributed by atoms with Crippen LogP contribution in [0.1, 0.15) is 20.3 Å². The van der Waals surface area contributed by atoms with Crippen LogP contribution in [-0.4, -0.2) is 35.1 Å². The van der Waals surface area contributed by atoms with Crippen molar-refractivity contribution in [1.29, 1.82) is 0 Å². The first-order valence-electron chi connectivity index (χ1n) is 5.77. The Hall–Kier alpha value is -0.800. The van der Waals surface area contributed by atoms with Crippen molar-refractivity contribution in [3.05, 3.63) is 23.5 Å². The lowest BCUT2D eigenvalue weighted by molar-refractivity contribution is 0.274. The molecule has 1 aliphatic rings. The van der Waals surface area contributed by atoms with Crippen LogP contribution < -0.4 is 5.32 Å². The Morgan fingerprint density at radius 2 is 2.38 bits per heavy atom. The maximum Gasteiger partial charge on any atom is 0.0718 e. The molecule has 0 saturated carbocycles. The number of likely N-dealkylation sites (tertiary alicyclic amines) is 1. The lowest BCUT2D eigenvalue weighted by atomic mass is 10.2. The van der Waals surface area contributed by atoms with Crippen molar-refractivity contribution in [2.24, 2.45) is 0 Å². The first-order valence-corrected chi connectivity index (χ1v) is 6.14. The van der Waals surface area contributed by atoms with Gasteiger partial charge in [0.15, 0.2) is 0 Å². The number of hydrogen-bond acceptors (Lipinski definition) is 3. The summed E-state index contributed by atoms with van der Waals surface area (Å²) >= 11 is 6.09. The molecule has 0 amide bonds. The van der Waals surface area contributed by atoms with Gasteiger partial charge in [0.2, 0.25) is 0 Å². The molecule has 1 fully saturated rings. The van der Waals surface area contributed by atoms with E-state index in [4.69, 9.17) is 11.6 Å². The van der Waals surface area contributed by atoms with E-state index in [1.54, 1.807) is 12.4 Å². The van der Waals surface area contributed by atoms with Gasteiger partial charge in [0.25, 0.3) is 0 Å². The summed E-state index contributed by atoms with van der Waals surface area (Å²) in [6, 6.07) is 2.93. The van der Waals surface area contributed by atoms with Gasteiger partial charge in [-0.15, -0.1) is 0 Å². The second-order valence-electron chi connectivity index (χ2n) is 4.57. The zero-order valence-corrected chi connectivity index (χ0v) is 10.5. The molecule has 0 aromatic carbocycles. The van der Waals surface area contributed by atoms with Crippen molar-refractivity contribution < 1.29 is 0 Å². The minimum absolute atomic E-state index is 0.490. The third kappa shape index (κ3) is 2.66. The lowest BCUT2D eigenvalue weighted by Crippen LogP contribution is -2.31. The van der Waals surface area contributed by atoms with Crippen LogP contribution >= 0.6 is 11.6 Å². The monoisotopic (exact) mass is 239 g/mol. The van der Waals surface area contributed by atoms with Crippen molar-refractivity contribution >= 4 is 17.3 Å². The molecule has 0 aliphatic carbocycles. The highest BCUT2D eigenvalue weighted by Crippen LogP contribution is 2.23. The maximum atomic E-state index is 6.09. The largest absolute Gasteiger partial charge is 0.379 e. The van der Waals surface area contributed by atoms with E-state index in [0.717, 1.165) is 23.8 Å². The van der Waals surface area contributed by atoms with Crippen molar-refractivity contribution in [3.63, 3.8) is 0 Å². The Balaban J connectivity index is 1.95. The van der Waals surface area contributed by atoms with Gasteiger partial charge in [-0.05, 0) is 26.3 Å². The number of aromatic nitrogens is 1. The quantitative estimate of drug-likeness (QED) is 0.879. The number of rotatable bonds is 3. The summed E-state index contributed by atoms with van der Waals surface area (Å²) in [7, 11) is 0. The van der Waals surface area contributed by atoms with Crippen molar-refractivity contribution in [1.82, 2.24) is 9.88 Å². The zero-order chi connectivity index (χ0) is 11.5. The Kier molecular flexibility index (Phi) is 3.66. The van der Waals surface area contributed by atoms with Crippen LogP contribution in [0.5, 0.6) is 0 Å². The van der Waals surface area contributed by atoms with Crippen LogP contribution in [0, 0.1) is 0 Å². The number of anilines is 1. The molecule has 4 heteroatoms. The standard InChI is InChI=1S/C12H18ClN3/c1-9(2)16-6-4-10(8-16)15-12-7-14-5-3-11(12)13/h3,5,7,9-10,15H,4,6,8H2,1-2H3. The van der Waals surface area contributed by atoms with E-state index in [-0.39, 0.29) is 0 Å². The van der Waals surface area contributed by atoms with Gasteiger partial charge in [0.05, 0.1) is 16.9 Å². The fraction of sp³-hybridized carbons (Fsp3) is 0.583. The fourth-order valence-corrected chi connectivity index (χ4v) is 2.24. The summed E-state index contributed by atoms with van der Waals surface area (Å²) in [6.45, 7) is 6.72. The second-order valence-corrected chi connectivity index (χ2v) is 4.98. The summed E-state index contributed by atoms with van der Waals surface area (Å²) in [5.74, 6) is 0. The number of hydrogen-bond donors (Lipinski definition) is 1. The highest BCUT2D eigenvalue weighted by molar-refractivity contribution is 6.33. The Morgan fingerprint density at radius 1 is 1.56 bits per heavy atom. The molecule has 1 aromatic rings. The smallest absolute Gasteiger partial charge is 0.0718 e. The minimum atomic E-state index is 0.490. The molecule has 2 rings (SSSR count). The van der Waals surface area contributed by atoms with E-state index in [1.807, 2.05) is 6.07 Å². The van der Waals surface area contributed by atoms with Crippen molar-refractivity contribution in [2.75, 3.05) is 18.4 Å². The van der Waals surface area contributed by atoms with E-state index in [1.165, 1.54) is 6.42 Å². The van der Waals surface area contributed by atoms with Crippen LogP contribution in [0.4, 0.5) is 5.69 Å². The van der Waals surface area contributed by atoms with E-state index < -0.39 is 0 Å². The van der Waals surface area contributed by atoms with Gasteiger partial charge in [-0.3, -0.25) is 9.88 Å². The molecule has 1 saturated heterocycles. The lowest BCUT2D eigenvalue weighted by Gasteiger charge is -2.21. The molecule has 16 heavy (non-hydrogen) atoms. The third-order valence-corrected chi connectivity index (χ3v) is 3.41. The molecule has 0 bridgehead atoms. The predicted molar refractivity (Wildman–Crippen MR) is 68.0 cm³/mol. The highest BCUT2D eigenvalue weighted by Gasteiger charge is 2.24. The van der Waals surface area contributed by atoms with Gasteiger partial charge < -0.3 is 5.32 Å². The van der Waals surface area contributed by atoms with Gasteiger partial charge in [-0.25, -0.2) is 0 Å². The number of halogens is 1. The first kappa shape index (κ1) is 11.7. The summed E-state index contributed by atoms with van der Waals surface area (Å²) in [5.41, 5.74) is 0.944. The predicted octanol–water partition coefficient (Wildman–Crippen LogP) is 2.63. The molecule has 3 nitrogen and oxygen atoms in total. The molecular formula is C12H18ClN3. The molecule has 1 aromatic heterocycles. The Bertz CT molecular complexity index is 354. The van der Waals surface area contributed by atoms with Gasteiger partial charge in [0.1, 0.15) is 0 Å². The van der Waals surface area contributed by atoms with Crippen molar-refractivity contribution in [3.8, 4) is 0 Å². The van der Waals surface area contributed by atoms with Crippen molar-refractivity contribution in [2.45, 2.75) is 32.4 Å². The van der Waals surface area contributed by atoms with E-state index >= 15 is 0 Å². The topological polar surface area (TPSA) is 28.2 Å². The van der Waals surface area contributed by atoms with Crippen LogP contribution in [0.15, 0.2) is 18.5 Å². The molecule has 1 N–H and O–H groups in total. The Morgan fingerprint density at radius 3 is 3.00 bits per heavy atom. The molecule has 2 heterocycles. The van der Waals surface area contributed by atoms with Crippen LogP contribution in [0.25, 0.3) is 0 Å². The van der Waals surface area contributed by atoms with Gasteiger partial charge >= 0.3 is 0 Å². The van der Waals surface area contributed by atoms with Gasteiger partial charge in [-0.1, -0.05) is 11.6 Å². The van der Waals surface area contributed by atoms with Gasteiger partial charge in [-0.2, -0.15) is 0 Å². The fourth-order valence-electron chi connectivity index (χ4n) is 2.08. The molecule has 1 atom stereocenters. The van der Waals surface area contributed by atoms with E-state index in [0.29, 0.717) is 12.1 Å². The molecule has 0 spiro atoms. The molecule has 1 unspecified atom stereocenters. The maximum absolute atomic E-state index is 6.09. The summed E-state index contributed by atoms with van der Waals surface area (Å²) in [5, 5.41) is 4.21. The Labute approximate surface area is 102 Å². The first-order chi connectivity index (χ1) is 7.66. The molecule has 1 aliphatic heterocycles. The van der Waals surface area contributed by atoms with Gasteiger partial charge in [0, 0.05) is 31.4 Å². The van der Waals surface area contributed by atoms with E-state index in [9.17, 15) is 0 Å².